The van der Waals surface area contributed by atoms with E-state index >= 15 is 0 Å². The van der Waals surface area contributed by atoms with Crippen LogP contribution in [-0.2, 0) is 6.54 Å². The van der Waals surface area contributed by atoms with Crippen LogP contribution in [0.2, 0.25) is 0 Å². The Morgan fingerprint density at radius 3 is 2.80 bits per heavy atom. The Kier molecular flexibility index (Phi) is 2.32. The van der Waals surface area contributed by atoms with Gasteiger partial charge in [-0.2, -0.15) is 5.10 Å². The highest BCUT2D eigenvalue weighted by atomic mass is 15.1. The van der Waals surface area contributed by atoms with Crippen LogP contribution in [0, 0.1) is 13.8 Å². The molecule has 0 unspecified atom stereocenters. The Labute approximate surface area is 87.3 Å². The zero-order chi connectivity index (χ0) is 10.8. The fourth-order valence-electron chi connectivity index (χ4n) is 1.38. The van der Waals surface area contributed by atoms with Crippen LogP contribution in [0.15, 0.2) is 6.20 Å². The van der Waals surface area contributed by atoms with Crippen LogP contribution in [0.4, 0.5) is 11.6 Å². The van der Waals surface area contributed by atoms with Crippen molar-refractivity contribution in [2.75, 3.05) is 11.1 Å². The number of nitrogen functional groups attached to an aromatic ring is 1. The standard InChI is InChI=1S/C9H14N6/c1-5-7(4-12-15-5)3-11-9-8(10)13-6(2)14-9/h4,11H,3,10H2,1-2H3,(H,12,15)(H,13,14). The van der Waals surface area contributed by atoms with E-state index < -0.39 is 0 Å². The zero-order valence-electron chi connectivity index (χ0n) is 8.76. The number of rotatable bonds is 3. The van der Waals surface area contributed by atoms with Gasteiger partial charge in [0.25, 0.3) is 0 Å². The summed E-state index contributed by atoms with van der Waals surface area (Å²) >= 11 is 0. The van der Waals surface area contributed by atoms with Gasteiger partial charge in [0.1, 0.15) is 11.6 Å². The molecule has 0 aliphatic carbocycles. The van der Waals surface area contributed by atoms with Gasteiger partial charge in [0.15, 0.2) is 5.82 Å². The number of anilines is 2. The van der Waals surface area contributed by atoms with Crippen LogP contribution in [0.1, 0.15) is 17.1 Å². The normalized spacial score (nSPS) is 10.5. The molecule has 0 radical (unpaired) electrons. The van der Waals surface area contributed by atoms with Crippen LogP contribution in [0.3, 0.4) is 0 Å². The van der Waals surface area contributed by atoms with E-state index in [4.69, 9.17) is 5.73 Å². The van der Waals surface area contributed by atoms with Gasteiger partial charge in [0.05, 0.1) is 6.20 Å². The highest BCUT2D eigenvalue weighted by Crippen LogP contribution is 2.15. The number of hydrogen-bond donors (Lipinski definition) is 4. The maximum atomic E-state index is 5.71. The number of H-pyrrole nitrogens is 2. The van der Waals surface area contributed by atoms with Crippen molar-refractivity contribution in [2.24, 2.45) is 0 Å². The Balaban J connectivity index is 2.05. The first kappa shape index (κ1) is 9.57. The molecule has 2 heterocycles. The van der Waals surface area contributed by atoms with Gasteiger partial charge >= 0.3 is 0 Å². The van der Waals surface area contributed by atoms with Gasteiger partial charge < -0.3 is 16.0 Å². The van der Waals surface area contributed by atoms with Crippen molar-refractivity contribution >= 4 is 11.6 Å². The lowest BCUT2D eigenvalue weighted by molar-refractivity contribution is 1.04. The predicted octanol–water partition coefficient (Wildman–Crippen LogP) is 0.944. The van der Waals surface area contributed by atoms with Gasteiger partial charge in [-0.1, -0.05) is 0 Å². The molecule has 0 bridgehead atoms. The highest BCUT2D eigenvalue weighted by Gasteiger charge is 2.05. The maximum absolute atomic E-state index is 5.71. The Bertz CT molecular complexity index is 455. The molecule has 0 saturated heterocycles. The predicted molar refractivity (Wildman–Crippen MR) is 58.4 cm³/mol. The zero-order valence-corrected chi connectivity index (χ0v) is 8.76. The van der Waals surface area contributed by atoms with Crippen molar-refractivity contribution in [3.05, 3.63) is 23.3 Å². The number of nitrogens with two attached hydrogens (primary N) is 1. The first-order chi connectivity index (χ1) is 7.16. The second-order valence-corrected chi connectivity index (χ2v) is 3.46. The van der Waals surface area contributed by atoms with E-state index in [1.165, 1.54) is 0 Å². The number of imidazole rings is 1. The minimum absolute atomic E-state index is 0.564. The summed E-state index contributed by atoms with van der Waals surface area (Å²) in [5.41, 5.74) is 7.87. The first-order valence-electron chi connectivity index (χ1n) is 4.71. The number of hydrogen-bond acceptors (Lipinski definition) is 4. The molecule has 80 valence electrons. The van der Waals surface area contributed by atoms with Gasteiger partial charge in [-0.15, -0.1) is 0 Å². The molecule has 2 rings (SSSR count). The van der Waals surface area contributed by atoms with E-state index in [-0.39, 0.29) is 0 Å². The second-order valence-electron chi connectivity index (χ2n) is 3.46. The number of nitrogens with one attached hydrogen (secondary N) is 3. The lowest BCUT2D eigenvalue weighted by Crippen LogP contribution is -2.02. The molecule has 0 amide bonds. The molecule has 15 heavy (non-hydrogen) atoms. The van der Waals surface area contributed by atoms with E-state index in [1.807, 2.05) is 13.8 Å². The number of aromatic amines is 2. The molecule has 6 heteroatoms. The lowest BCUT2D eigenvalue weighted by Gasteiger charge is -2.02. The molecule has 6 nitrogen and oxygen atoms in total. The molecular formula is C9H14N6. The summed E-state index contributed by atoms with van der Waals surface area (Å²) in [4.78, 5) is 7.15. The van der Waals surface area contributed by atoms with Crippen molar-refractivity contribution in [3.8, 4) is 0 Å². The molecule has 0 aromatic carbocycles. The van der Waals surface area contributed by atoms with Crippen molar-refractivity contribution in [3.63, 3.8) is 0 Å². The third-order valence-corrected chi connectivity index (χ3v) is 2.23. The van der Waals surface area contributed by atoms with Gasteiger partial charge in [0, 0.05) is 17.8 Å². The number of aromatic nitrogens is 4. The smallest absolute Gasteiger partial charge is 0.169 e. The second kappa shape index (κ2) is 3.64. The third kappa shape index (κ3) is 1.93. The first-order valence-corrected chi connectivity index (χ1v) is 4.71. The van der Waals surface area contributed by atoms with Crippen LogP contribution >= 0.6 is 0 Å². The SMILES string of the molecule is Cc1nc(NCc2cn[nH]c2C)c(N)[nH]1. The minimum Gasteiger partial charge on any atom is -0.382 e. The van der Waals surface area contributed by atoms with Gasteiger partial charge in [-0.25, -0.2) is 4.98 Å². The maximum Gasteiger partial charge on any atom is 0.169 e. The Morgan fingerprint density at radius 2 is 2.27 bits per heavy atom. The van der Waals surface area contributed by atoms with Crippen LogP contribution in [-0.4, -0.2) is 20.2 Å². The van der Waals surface area contributed by atoms with Crippen molar-refractivity contribution in [1.82, 2.24) is 20.2 Å². The number of nitrogens with zero attached hydrogens (tertiary/aromatic N) is 2. The van der Waals surface area contributed by atoms with Gasteiger partial charge in [-0.05, 0) is 13.8 Å². The van der Waals surface area contributed by atoms with Crippen LogP contribution < -0.4 is 11.1 Å². The summed E-state index contributed by atoms with van der Waals surface area (Å²) < 4.78 is 0. The van der Waals surface area contributed by atoms with E-state index in [1.54, 1.807) is 6.20 Å². The molecule has 0 atom stereocenters. The summed E-state index contributed by atoms with van der Waals surface area (Å²) in [7, 11) is 0. The Hall–Kier alpha value is -1.98. The van der Waals surface area contributed by atoms with Crippen LogP contribution in [0.5, 0.6) is 0 Å². The molecule has 2 aromatic heterocycles. The summed E-state index contributed by atoms with van der Waals surface area (Å²) in [6.07, 6.45) is 1.79. The van der Waals surface area contributed by atoms with E-state index in [9.17, 15) is 0 Å². The van der Waals surface area contributed by atoms with E-state index in [2.05, 4.69) is 25.5 Å². The molecular weight excluding hydrogens is 192 g/mol. The van der Waals surface area contributed by atoms with Crippen molar-refractivity contribution < 1.29 is 0 Å². The number of aryl methyl sites for hydroxylation is 2. The minimum atomic E-state index is 0.564. The molecule has 0 aliphatic heterocycles. The molecule has 5 N–H and O–H groups in total. The van der Waals surface area contributed by atoms with E-state index in [0.717, 1.165) is 17.1 Å². The van der Waals surface area contributed by atoms with Gasteiger partial charge in [-0.3, -0.25) is 5.10 Å². The largest absolute Gasteiger partial charge is 0.382 e. The monoisotopic (exact) mass is 206 g/mol. The summed E-state index contributed by atoms with van der Waals surface area (Å²) in [6.45, 7) is 4.50. The summed E-state index contributed by atoms with van der Waals surface area (Å²) in [5.74, 6) is 2.06. The lowest BCUT2D eigenvalue weighted by atomic mass is 10.3. The van der Waals surface area contributed by atoms with Crippen molar-refractivity contribution in [2.45, 2.75) is 20.4 Å². The van der Waals surface area contributed by atoms with Gasteiger partial charge in [0.2, 0.25) is 0 Å². The molecule has 0 spiro atoms. The molecule has 2 aromatic rings. The fourth-order valence-corrected chi connectivity index (χ4v) is 1.38. The van der Waals surface area contributed by atoms with E-state index in [0.29, 0.717) is 18.2 Å². The average molecular weight is 206 g/mol. The molecule has 0 saturated carbocycles. The molecule has 0 fully saturated rings. The summed E-state index contributed by atoms with van der Waals surface area (Å²) in [6, 6.07) is 0. The van der Waals surface area contributed by atoms with Crippen molar-refractivity contribution in [1.29, 1.82) is 0 Å². The quantitative estimate of drug-likeness (QED) is 0.601. The average Bonchev–Trinajstić information content (AvgIpc) is 2.70. The molecule has 0 aliphatic rings. The van der Waals surface area contributed by atoms with Crippen LogP contribution in [0.25, 0.3) is 0 Å². The summed E-state index contributed by atoms with van der Waals surface area (Å²) in [5, 5.41) is 9.96. The Morgan fingerprint density at radius 1 is 1.47 bits per heavy atom. The fraction of sp³-hybridized carbons (Fsp3) is 0.333. The topological polar surface area (TPSA) is 95.4 Å². The highest BCUT2D eigenvalue weighted by molar-refractivity contribution is 5.57. The third-order valence-electron chi connectivity index (χ3n) is 2.23.